The number of benzene rings is 2. The quantitative estimate of drug-likeness (QED) is 0.272. The Hall–Kier alpha value is -2.48. The molecule has 0 saturated carbocycles. The SMILES string of the molecule is CCCCCN1C(=O)N(c2ccc(Cl)cc2)[C@@H](N(O)C(=O)Nc2ccc(Cl)cc2)C1(C)C. The lowest BCUT2D eigenvalue weighted by molar-refractivity contribution is -0.0949. The van der Waals surface area contributed by atoms with E-state index in [4.69, 9.17) is 23.2 Å². The maximum absolute atomic E-state index is 13.5. The minimum absolute atomic E-state index is 0.281. The molecule has 2 N–H and O–H groups in total. The molecule has 0 unspecified atom stereocenters. The van der Waals surface area contributed by atoms with E-state index in [1.807, 2.05) is 13.8 Å². The van der Waals surface area contributed by atoms with Crippen molar-refractivity contribution in [2.75, 3.05) is 16.8 Å². The smallest absolute Gasteiger partial charge is 0.315 e. The van der Waals surface area contributed by atoms with E-state index < -0.39 is 17.7 Å². The standard InChI is InChI=1S/C23H28Cl2N4O3/c1-4-5-6-15-27-22(31)28(19-13-9-17(25)10-14-19)20(23(27,2)3)29(32)21(30)26-18-11-7-16(24)8-12-18/h7-14,20,32H,4-6,15H2,1-3H3,(H,26,30)/t20-/m0/s1. The first-order valence-electron chi connectivity index (χ1n) is 10.6. The number of urea groups is 2. The van der Waals surface area contributed by atoms with Crippen LogP contribution in [0.1, 0.15) is 40.0 Å². The number of unbranched alkanes of at least 4 members (excludes halogenated alkanes) is 2. The summed E-state index contributed by atoms with van der Waals surface area (Å²) in [5.41, 5.74) is 0.142. The summed E-state index contributed by atoms with van der Waals surface area (Å²) in [7, 11) is 0. The molecule has 2 aromatic rings. The van der Waals surface area contributed by atoms with Crippen LogP contribution >= 0.6 is 23.2 Å². The molecule has 1 aliphatic heterocycles. The van der Waals surface area contributed by atoms with Gasteiger partial charge in [0.2, 0.25) is 0 Å². The van der Waals surface area contributed by atoms with Gasteiger partial charge in [-0.05, 0) is 68.8 Å². The number of nitrogens with zero attached hydrogens (tertiary/aromatic N) is 3. The lowest BCUT2D eigenvalue weighted by Gasteiger charge is -2.38. The Kier molecular flexibility index (Phi) is 7.54. The first-order valence-corrected chi connectivity index (χ1v) is 11.3. The van der Waals surface area contributed by atoms with E-state index >= 15 is 0 Å². The number of halogens is 2. The molecule has 0 radical (unpaired) electrons. The minimum Gasteiger partial charge on any atom is -0.315 e. The van der Waals surface area contributed by atoms with Crippen LogP contribution in [0.3, 0.4) is 0 Å². The summed E-state index contributed by atoms with van der Waals surface area (Å²) in [5.74, 6) is 0. The Bertz CT molecular complexity index is 951. The predicted octanol–water partition coefficient (Wildman–Crippen LogP) is 6.45. The van der Waals surface area contributed by atoms with Crippen LogP contribution in [-0.4, -0.2) is 45.5 Å². The minimum atomic E-state index is -0.967. The van der Waals surface area contributed by atoms with Crippen LogP contribution in [0.4, 0.5) is 21.0 Å². The Labute approximate surface area is 198 Å². The molecule has 7 nitrogen and oxygen atoms in total. The zero-order valence-electron chi connectivity index (χ0n) is 18.4. The molecule has 2 aromatic carbocycles. The second-order valence-electron chi connectivity index (χ2n) is 8.30. The highest BCUT2D eigenvalue weighted by Gasteiger charge is 2.55. The number of carbonyl (C=O) groups excluding carboxylic acids is 2. The van der Waals surface area contributed by atoms with Gasteiger partial charge < -0.3 is 10.2 Å². The van der Waals surface area contributed by atoms with Crippen molar-refractivity contribution in [3.8, 4) is 0 Å². The average molecular weight is 479 g/mol. The monoisotopic (exact) mass is 478 g/mol. The highest BCUT2D eigenvalue weighted by atomic mass is 35.5. The van der Waals surface area contributed by atoms with Crippen LogP contribution in [0.2, 0.25) is 10.0 Å². The predicted molar refractivity (Wildman–Crippen MR) is 128 cm³/mol. The fraction of sp³-hybridized carbons (Fsp3) is 0.391. The van der Waals surface area contributed by atoms with Crippen LogP contribution in [0, 0.1) is 0 Å². The van der Waals surface area contributed by atoms with E-state index in [2.05, 4.69) is 12.2 Å². The van der Waals surface area contributed by atoms with E-state index in [1.165, 1.54) is 4.90 Å². The lowest BCUT2D eigenvalue weighted by atomic mass is 9.99. The lowest BCUT2D eigenvalue weighted by Crippen LogP contribution is -2.58. The number of carbonyl (C=O) groups is 2. The number of anilines is 2. The van der Waals surface area contributed by atoms with Crippen LogP contribution in [0.25, 0.3) is 0 Å². The van der Waals surface area contributed by atoms with Crippen molar-refractivity contribution in [3.63, 3.8) is 0 Å². The zero-order valence-corrected chi connectivity index (χ0v) is 19.9. The molecule has 9 heteroatoms. The molecule has 0 aliphatic carbocycles. The number of hydrogen-bond donors (Lipinski definition) is 2. The molecule has 0 spiro atoms. The van der Waals surface area contributed by atoms with Gasteiger partial charge >= 0.3 is 12.1 Å². The number of nitrogens with one attached hydrogen (secondary N) is 1. The van der Waals surface area contributed by atoms with Gasteiger partial charge in [0.05, 0.1) is 5.54 Å². The highest BCUT2D eigenvalue weighted by Crippen LogP contribution is 2.38. The molecule has 1 heterocycles. The molecule has 1 saturated heterocycles. The van der Waals surface area contributed by atoms with Gasteiger partial charge in [0.1, 0.15) is 0 Å². The van der Waals surface area contributed by atoms with Crippen molar-refractivity contribution in [1.82, 2.24) is 9.96 Å². The third-order valence-corrected chi connectivity index (χ3v) is 6.14. The van der Waals surface area contributed by atoms with Gasteiger partial charge in [0.15, 0.2) is 6.17 Å². The van der Waals surface area contributed by atoms with Crippen molar-refractivity contribution in [1.29, 1.82) is 0 Å². The van der Waals surface area contributed by atoms with Gasteiger partial charge in [-0.25, -0.2) is 9.59 Å². The summed E-state index contributed by atoms with van der Waals surface area (Å²) in [4.78, 5) is 29.5. The summed E-state index contributed by atoms with van der Waals surface area (Å²) in [5, 5.41) is 15.3. The van der Waals surface area contributed by atoms with Crippen molar-refractivity contribution in [2.24, 2.45) is 0 Å². The molecule has 0 bridgehead atoms. The van der Waals surface area contributed by atoms with Gasteiger partial charge in [-0.15, -0.1) is 0 Å². The van der Waals surface area contributed by atoms with E-state index in [1.54, 1.807) is 53.4 Å². The number of hydroxylamine groups is 2. The third kappa shape index (κ3) is 4.95. The largest absolute Gasteiger partial charge is 0.347 e. The first-order chi connectivity index (χ1) is 15.2. The summed E-state index contributed by atoms with van der Waals surface area (Å²) in [6.45, 7) is 6.30. The van der Waals surface area contributed by atoms with E-state index in [9.17, 15) is 14.8 Å². The van der Waals surface area contributed by atoms with E-state index in [-0.39, 0.29) is 6.03 Å². The molecule has 1 aliphatic rings. The normalized spacial score (nSPS) is 17.6. The highest BCUT2D eigenvalue weighted by molar-refractivity contribution is 6.31. The van der Waals surface area contributed by atoms with E-state index in [0.717, 1.165) is 19.3 Å². The molecule has 172 valence electrons. The molecule has 3 rings (SSSR count). The van der Waals surface area contributed by atoms with Gasteiger partial charge in [-0.2, -0.15) is 5.06 Å². The molecule has 1 atom stereocenters. The topological polar surface area (TPSA) is 76.1 Å². The van der Waals surface area contributed by atoms with Crippen LogP contribution < -0.4 is 10.2 Å². The fourth-order valence-electron chi connectivity index (χ4n) is 3.93. The van der Waals surface area contributed by atoms with Crippen molar-refractivity contribution in [3.05, 3.63) is 58.6 Å². The second kappa shape index (κ2) is 9.98. The fourth-order valence-corrected chi connectivity index (χ4v) is 4.18. The Morgan fingerprint density at radius 1 is 1.06 bits per heavy atom. The van der Waals surface area contributed by atoms with Gasteiger partial charge in [-0.1, -0.05) is 43.0 Å². The van der Waals surface area contributed by atoms with Crippen molar-refractivity contribution >= 4 is 46.6 Å². The molecule has 1 fully saturated rings. The van der Waals surface area contributed by atoms with Crippen molar-refractivity contribution in [2.45, 2.75) is 51.7 Å². The molecule has 32 heavy (non-hydrogen) atoms. The summed E-state index contributed by atoms with van der Waals surface area (Å²) in [6.07, 6.45) is 1.85. The molecular formula is C23H28Cl2N4O3. The average Bonchev–Trinajstić information content (AvgIpc) is 2.95. The summed E-state index contributed by atoms with van der Waals surface area (Å²) < 4.78 is 0. The Balaban J connectivity index is 1.93. The zero-order chi connectivity index (χ0) is 23.5. The summed E-state index contributed by atoms with van der Waals surface area (Å²) in [6, 6.07) is 12.2. The number of rotatable bonds is 7. The maximum atomic E-state index is 13.5. The van der Waals surface area contributed by atoms with Gasteiger partial charge in [0.25, 0.3) is 0 Å². The second-order valence-corrected chi connectivity index (χ2v) is 9.17. The first kappa shape index (κ1) is 24.2. The van der Waals surface area contributed by atoms with Gasteiger partial charge in [-0.3, -0.25) is 10.1 Å². The third-order valence-electron chi connectivity index (χ3n) is 5.63. The van der Waals surface area contributed by atoms with Crippen LogP contribution in [0.15, 0.2) is 48.5 Å². The van der Waals surface area contributed by atoms with Crippen molar-refractivity contribution < 1.29 is 14.8 Å². The Morgan fingerprint density at radius 2 is 1.62 bits per heavy atom. The molecule has 0 aromatic heterocycles. The van der Waals surface area contributed by atoms with Crippen LogP contribution in [0.5, 0.6) is 0 Å². The molecular weight excluding hydrogens is 451 g/mol. The Morgan fingerprint density at radius 3 is 2.19 bits per heavy atom. The number of amides is 4. The van der Waals surface area contributed by atoms with Gasteiger partial charge in [0, 0.05) is 28.0 Å². The summed E-state index contributed by atoms with van der Waals surface area (Å²) >= 11 is 11.9. The molecule has 4 amide bonds. The maximum Gasteiger partial charge on any atom is 0.347 e. The van der Waals surface area contributed by atoms with E-state index in [0.29, 0.717) is 33.0 Å². The number of hydrogen-bond acceptors (Lipinski definition) is 3. The van der Waals surface area contributed by atoms with Crippen LogP contribution in [-0.2, 0) is 0 Å².